The van der Waals surface area contributed by atoms with E-state index in [-0.39, 0.29) is 80.5 Å². The second kappa shape index (κ2) is 27.5. The molecule has 18 atom stereocenters. The van der Waals surface area contributed by atoms with Crippen molar-refractivity contribution in [2.24, 2.45) is 17.8 Å². The molecule has 5 N–H and O–H groups in total. The SMILES string of the molecule is CC[C@H]1OC(=O)[C@H](C)[C@@H](O[C@H]2C[C@@](C)(OC)[C@@H](OC(=O)CNC(=O)CCOCCNc3cc4c(=O)c(C(=O)O)cn(C5CC5)c4cc3Cl)[C@H](C)O2)[C@H](C)[C@@H](O[C@@H]2O[C@H](C)C[C@H](N(C)C)[C@H]2O)[C@](C)(O)C[C@@H](C)CN(C)[C@H](C)[C@H]2OC(=O)O[C@@]21C. The third-order valence-electron chi connectivity index (χ3n) is 17.6. The van der Waals surface area contributed by atoms with Gasteiger partial charge >= 0.3 is 24.1 Å². The first-order chi connectivity index (χ1) is 39.4. The van der Waals surface area contributed by atoms with Crippen molar-refractivity contribution in [1.82, 2.24) is 19.7 Å². The highest BCUT2D eigenvalue weighted by Crippen LogP contribution is 2.43. The van der Waals surface area contributed by atoms with Crippen molar-refractivity contribution in [3.8, 4) is 0 Å². The third-order valence-corrected chi connectivity index (χ3v) is 18.0. The van der Waals surface area contributed by atoms with E-state index in [0.29, 0.717) is 29.2 Å². The number of cyclic esters (lactones) is 1. The van der Waals surface area contributed by atoms with Crippen molar-refractivity contribution >= 4 is 58.2 Å². The van der Waals surface area contributed by atoms with Gasteiger partial charge in [-0.05, 0) is 120 Å². The predicted molar refractivity (Wildman–Crippen MR) is 307 cm³/mol. The number of hydrogen-bond donors (Lipinski definition) is 5. The highest BCUT2D eigenvalue weighted by Gasteiger charge is 2.59. The topological polar surface area (TPSA) is 291 Å². The molecule has 1 aromatic carbocycles. The fourth-order valence-corrected chi connectivity index (χ4v) is 13.1. The van der Waals surface area contributed by atoms with Crippen LogP contribution in [0.3, 0.4) is 0 Å². The molecular weight excluding hydrogens is 1120 g/mol. The highest BCUT2D eigenvalue weighted by molar-refractivity contribution is 6.34. The number of nitrogens with zero attached hydrogens (tertiary/aromatic N) is 3. The number of carboxylic acids is 1. The Morgan fingerprint density at radius 2 is 1.65 bits per heavy atom. The van der Waals surface area contributed by atoms with Gasteiger partial charge in [0.2, 0.25) is 11.3 Å². The zero-order valence-electron chi connectivity index (χ0n) is 51.0. The quantitative estimate of drug-likeness (QED) is 0.0680. The molecule has 472 valence electrons. The Balaban J connectivity index is 1.02. The van der Waals surface area contributed by atoms with Crippen LogP contribution in [0.2, 0.25) is 5.02 Å². The van der Waals surface area contributed by atoms with E-state index in [9.17, 15) is 44.1 Å². The second-order valence-electron chi connectivity index (χ2n) is 24.8. The summed E-state index contributed by atoms with van der Waals surface area (Å²) < 4.78 is 64.1. The molecular formula is C59H90ClN5O19. The number of carbonyl (C=O) groups is 5. The number of methoxy groups -OCH3 is 1. The molecule has 5 heterocycles. The number of rotatable bonds is 19. The summed E-state index contributed by atoms with van der Waals surface area (Å²) in [5.41, 5.74) is -4.27. The summed E-state index contributed by atoms with van der Waals surface area (Å²) in [6, 6.07) is 2.52. The van der Waals surface area contributed by atoms with E-state index in [0.717, 1.165) is 12.8 Å². The number of benzene rings is 1. The molecule has 84 heavy (non-hydrogen) atoms. The molecule has 4 saturated heterocycles. The van der Waals surface area contributed by atoms with E-state index >= 15 is 0 Å². The third kappa shape index (κ3) is 15.1. The van der Waals surface area contributed by atoms with Crippen molar-refractivity contribution in [2.45, 2.75) is 211 Å². The molecule has 1 aliphatic carbocycles. The zero-order chi connectivity index (χ0) is 61.9. The Labute approximate surface area is 496 Å². The van der Waals surface area contributed by atoms with Gasteiger partial charge in [0.05, 0.1) is 65.4 Å². The monoisotopic (exact) mass is 1210 g/mol. The van der Waals surface area contributed by atoms with Gasteiger partial charge < -0.3 is 82.8 Å². The van der Waals surface area contributed by atoms with Gasteiger partial charge in [-0.2, -0.15) is 0 Å². The molecule has 5 aliphatic rings. The first-order valence-electron chi connectivity index (χ1n) is 29.4. The summed E-state index contributed by atoms with van der Waals surface area (Å²) in [5, 5.41) is 40.6. The molecule has 1 aromatic heterocycles. The number of likely N-dealkylation sites (N-methyl/N-ethyl adjacent to an activating group) is 2. The van der Waals surface area contributed by atoms with Crippen molar-refractivity contribution in [1.29, 1.82) is 0 Å². The van der Waals surface area contributed by atoms with E-state index in [1.165, 1.54) is 19.4 Å². The Kier molecular flexibility index (Phi) is 21.9. The lowest BCUT2D eigenvalue weighted by atomic mass is 9.77. The van der Waals surface area contributed by atoms with Crippen LogP contribution in [0.1, 0.15) is 131 Å². The molecule has 0 spiro atoms. The summed E-state index contributed by atoms with van der Waals surface area (Å²) in [7, 11) is 7.07. The van der Waals surface area contributed by atoms with Gasteiger partial charge in [0.25, 0.3) is 0 Å². The average Bonchev–Trinajstić information content (AvgIpc) is 1.85. The van der Waals surface area contributed by atoms with Crippen LogP contribution >= 0.6 is 11.6 Å². The van der Waals surface area contributed by atoms with Gasteiger partial charge in [-0.1, -0.05) is 32.4 Å². The van der Waals surface area contributed by atoms with Crippen LogP contribution in [-0.4, -0.2) is 211 Å². The number of aromatic carboxylic acids is 1. The molecule has 0 unspecified atom stereocenters. The maximum atomic E-state index is 14.8. The summed E-state index contributed by atoms with van der Waals surface area (Å²) in [6.07, 6.45) is -6.72. The molecule has 5 fully saturated rings. The van der Waals surface area contributed by atoms with Crippen LogP contribution < -0.4 is 16.1 Å². The predicted octanol–water partition coefficient (Wildman–Crippen LogP) is 5.27. The van der Waals surface area contributed by atoms with Gasteiger partial charge in [-0.15, -0.1) is 0 Å². The van der Waals surface area contributed by atoms with E-state index in [1.807, 2.05) is 58.6 Å². The molecule has 7 rings (SSSR count). The number of fused-ring (bicyclic) bond motifs is 2. The minimum atomic E-state index is -1.66. The van der Waals surface area contributed by atoms with Crippen LogP contribution in [-0.2, 0) is 61.8 Å². The number of pyridine rings is 1. The van der Waals surface area contributed by atoms with Crippen molar-refractivity contribution in [3.63, 3.8) is 0 Å². The van der Waals surface area contributed by atoms with E-state index in [2.05, 4.69) is 10.6 Å². The largest absolute Gasteiger partial charge is 0.509 e. The zero-order valence-corrected chi connectivity index (χ0v) is 51.8. The molecule has 1 amide bonds. The Morgan fingerprint density at radius 1 is 0.952 bits per heavy atom. The lowest BCUT2D eigenvalue weighted by Crippen LogP contribution is -2.61. The van der Waals surface area contributed by atoms with Gasteiger partial charge in [0.1, 0.15) is 29.9 Å². The van der Waals surface area contributed by atoms with E-state index < -0.39 is 132 Å². The minimum Gasteiger partial charge on any atom is -0.477 e. The number of aliphatic hydroxyl groups excluding tert-OH is 1. The number of amides is 1. The second-order valence-corrected chi connectivity index (χ2v) is 25.2. The summed E-state index contributed by atoms with van der Waals surface area (Å²) in [6.45, 7) is 18.1. The van der Waals surface area contributed by atoms with Gasteiger partial charge in [-0.25, -0.2) is 9.59 Å². The van der Waals surface area contributed by atoms with E-state index in [1.54, 1.807) is 52.2 Å². The van der Waals surface area contributed by atoms with Crippen molar-refractivity contribution in [2.75, 3.05) is 66.4 Å². The molecule has 24 nitrogen and oxygen atoms in total. The number of carbonyl (C=O) groups excluding carboxylic acids is 4. The number of ether oxygens (including phenoxy) is 10. The lowest BCUT2D eigenvalue weighted by Gasteiger charge is -2.49. The maximum absolute atomic E-state index is 14.8. The van der Waals surface area contributed by atoms with Gasteiger partial charge in [0, 0.05) is 68.7 Å². The Hall–Kier alpha value is -4.73. The highest BCUT2D eigenvalue weighted by atomic mass is 35.5. The number of esters is 2. The van der Waals surface area contributed by atoms with Crippen LogP contribution in [0.5, 0.6) is 0 Å². The molecule has 4 aliphatic heterocycles. The standard InChI is InChI=1S/C59H90ClN5O19/c1-15-43-59(10)51(83-56(73)84-59)34(6)64(13)28-30(2)25-57(8,74)50(82-55-48(69)42(63(11)12)22-31(3)77-55)32(4)49(33(5)54(72)79-43)81-46-26-58(9,75-14)52(35(7)78-46)80-45(67)27-62-44(66)18-20-76-21-19-61-40-23-37-41(24-39(40)60)65(36-16-17-36)29-38(47(37)68)53(70)71/h23-24,29-36,42-43,46,48-52,55,61,69,74H,15-22,25-28H2,1-14H3,(H,62,66)(H,70,71)/t30-,31-,32+,33-,34-,35+,42+,43-,46+,48-,49+,50-,51-,52+,55+,57-,58-,59-/m1/s1. The first kappa shape index (κ1) is 66.8. The molecule has 1 saturated carbocycles. The Morgan fingerprint density at radius 3 is 2.30 bits per heavy atom. The van der Waals surface area contributed by atoms with Crippen molar-refractivity contribution in [3.05, 3.63) is 39.1 Å². The van der Waals surface area contributed by atoms with Crippen LogP contribution in [0.4, 0.5) is 10.5 Å². The summed E-state index contributed by atoms with van der Waals surface area (Å²) in [4.78, 5) is 83.0. The van der Waals surface area contributed by atoms with Crippen LogP contribution in [0.25, 0.3) is 10.9 Å². The van der Waals surface area contributed by atoms with Crippen LogP contribution in [0.15, 0.2) is 23.1 Å². The first-order valence-corrected chi connectivity index (χ1v) is 29.7. The Bertz CT molecular complexity index is 2730. The maximum Gasteiger partial charge on any atom is 0.509 e. The normalized spacial score (nSPS) is 36.4. The molecule has 2 aromatic rings. The number of anilines is 1. The van der Waals surface area contributed by atoms with Crippen molar-refractivity contribution < 1.29 is 86.7 Å². The smallest absolute Gasteiger partial charge is 0.477 e. The fraction of sp³-hybridized carbons (Fsp3) is 0.763. The number of nitrogens with one attached hydrogen (secondary N) is 2. The number of carboxylic acid groups (broad SMARTS) is 1. The summed E-state index contributed by atoms with van der Waals surface area (Å²) in [5.74, 6) is -5.46. The summed E-state index contributed by atoms with van der Waals surface area (Å²) >= 11 is 6.58. The fourth-order valence-electron chi connectivity index (χ4n) is 12.8. The van der Waals surface area contributed by atoms with E-state index in [4.69, 9.17) is 59.0 Å². The van der Waals surface area contributed by atoms with Gasteiger partial charge in [0.15, 0.2) is 30.4 Å². The minimum absolute atomic E-state index is 0.00489. The number of halogens is 1. The van der Waals surface area contributed by atoms with Crippen LogP contribution in [0, 0.1) is 17.8 Å². The number of aromatic nitrogens is 1. The number of hydrogen-bond acceptors (Lipinski definition) is 21. The molecule has 0 radical (unpaired) electrons. The van der Waals surface area contributed by atoms with Gasteiger partial charge in [-0.3, -0.25) is 24.1 Å². The molecule has 25 heteroatoms. The number of aliphatic hydroxyl groups is 2. The molecule has 0 bridgehead atoms. The lowest BCUT2D eigenvalue weighted by molar-refractivity contribution is -0.318. The average molecular weight is 1210 g/mol.